The molecule has 0 atom stereocenters. The van der Waals surface area contributed by atoms with Crippen LogP contribution in [0, 0.1) is 0 Å². The second kappa shape index (κ2) is 6.36. The number of alkyl halides is 3. The Morgan fingerprint density at radius 1 is 1.30 bits per heavy atom. The first-order valence-electron chi connectivity index (χ1n) is 5.74. The van der Waals surface area contributed by atoms with Crippen molar-refractivity contribution >= 4 is 32.7 Å². The quantitative estimate of drug-likeness (QED) is 0.840. The Morgan fingerprint density at radius 3 is 2.85 bits per heavy atom. The van der Waals surface area contributed by atoms with Gasteiger partial charge in [0.05, 0.1) is 17.8 Å². The molecule has 0 saturated heterocycles. The SMILES string of the molecule is FC(F)(F)COCCNc1ccnc2cc(Br)cnc12. The lowest BCUT2D eigenvalue weighted by Gasteiger charge is -2.10. The summed E-state index contributed by atoms with van der Waals surface area (Å²) in [6.07, 6.45) is -1.05. The first-order valence-corrected chi connectivity index (χ1v) is 6.54. The van der Waals surface area contributed by atoms with Crippen LogP contribution < -0.4 is 5.32 Å². The number of hydrogen-bond donors (Lipinski definition) is 1. The van der Waals surface area contributed by atoms with Crippen molar-refractivity contribution in [3.8, 4) is 0 Å². The molecule has 20 heavy (non-hydrogen) atoms. The van der Waals surface area contributed by atoms with Gasteiger partial charge in [-0.05, 0) is 28.1 Å². The van der Waals surface area contributed by atoms with Crippen molar-refractivity contribution in [3.05, 3.63) is 29.0 Å². The van der Waals surface area contributed by atoms with Crippen molar-refractivity contribution in [2.24, 2.45) is 0 Å². The summed E-state index contributed by atoms with van der Waals surface area (Å²) in [6.45, 7) is -1.02. The minimum absolute atomic E-state index is 0.0418. The van der Waals surface area contributed by atoms with E-state index in [1.807, 2.05) is 6.07 Å². The summed E-state index contributed by atoms with van der Waals surface area (Å²) in [5.74, 6) is 0. The van der Waals surface area contributed by atoms with E-state index < -0.39 is 12.8 Å². The zero-order valence-electron chi connectivity index (χ0n) is 10.2. The van der Waals surface area contributed by atoms with Crippen LogP contribution in [0.25, 0.3) is 11.0 Å². The highest BCUT2D eigenvalue weighted by Gasteiger charge is 2.27. The van der Waals surface area contributed by atoms with Crippen LogP contribution in [-0.2, 0) is 4.74 Å². The summed E-state index contributed by atoms with van der Waals surface area (Å²) in [6, 6.07) is 3.53. The van der Waals surface area contributed by atoms with Gasteiger partial charge < -0.3 is 10.1 Å². The number of halogens is 4. The number of nitrogens with one attached hydrogen (secondary N) is 1. The fourth-order valence-corrected chi connectivity index (χ4v) is 1.91. The first-order chi connectivity index (χ1) is 9.46. The minimum Gasteiger partial charge on any atom is -0.381 e. The standard InChI is InChI=1S/C12H11BrF3N3O/c13-8-5-10-11(19-6-8)9(1-2-17-10)18-3-4-20-7-12(14,15)16/h1-2,5-6H,3-4,7H2,(H,17,18). The van der Waals surface area contributed by atoms with E-state index in [0.29, 0.717) is 16.7 Å². The number of rotatable bonds is 5. The van der Waals surface area contributed by atoms with Crippen LogP contribution in [0.3, 0.4) is 0 Å². The molecule has 2 aromatic rings. The van der Waals surface area contributed by atoms with E-state index in [1.54, 1.807) is 18.5 Å². The van der Waals surface area contributed by atoms with Crippen LogP contribution in [-0.4, -0.2) is 35.9 Å². The number of fused-ring (bicyclic) bond motifs is 1. The Balaban J connectivity index is 1.93. The molecular weight excluding hydrogens is 339 g/mol. The molecule has 2 aromatic heterocycles. The predicted molar refractivity (Wildman–Crippen MR) is 72.6 cm³/mol. The molecule has 0 aliphatic heterocycles. The number of nitrogens with zero attached hydrogens (tertiary/aromatic N) is 2. The minimum atomic E-state index is -4.29. The molecule has 8 heteroatoms. The van der Waals surface area contributed by atoms with Gasteiger partial charge in [0, 0.05) is 23.4 Å². The van der Waals surface area contributed by atoms with Crippen LogP contribution in [0.1, 0.15) is 0 Å². The van der Waals surface area contributed by atoms with Gasteiger partial charge in [0.2, 0.25) is 0 Å². The molecule has 1 N–H and O–H groups in total. The van der Waals surface area contributed by atoms with Gasteiger partial charge in [0.25, 0.3) is 0 Å². The monoisotopic (exact) mass is 349 g/mol. The molecule has 0 aliphatic carbocycles. The highest BCUT2D eigenvalue weighted by molar-refractivity contribution is 9.10. The molecule has 0 spiro atoms. The molecule has 0 aliphatic rings. The number of hydrogen-bond acceptors (Lipinski definition) is 4. The summed E-state index contributed by atoms with van der Waals surface area (Å²) < 4.78 is 41.0. The third kappa shape index (κ3) is 4.31. The van der Waals surface area contributed by atoms with Gasteiger partial charge in [-0.3, -0.25) is 9.97 Å². The fraction of sp³-hybridized carbons (Fsp3) is 0.333. The number of anilines is 1. The van der Waals surface area contributed by atoms with Crippen molar-refractivity contribution in [3.63, 3.8) is 0 Å². The summed E-state index contributed by atoms with van der Waals surface area (Å²) >= 11 is 3.30. The lowest BCUT2D eigenvalue weighted by atomic mass is 10.3. The second-order valence-electron chi connectivity index (χ2n) is 3.97. The van der Waals surface area contributed by atoms with E-state index in [4.69, 9.17) is 0 Å². The molecule has 2 rings (SSSR count). The highest BCUT2D eigenvalue weighted by atomic mass is 79.9. The van der Waals surface area contributed by atoms with Crippen LogP contribution in [0.2, 0.25) is 0 Å². The Hall–Kier alpha value is -1.41. The van der Waals surface area contributed by atoms with Gasteiger partial charge >= 0.3 is 6.18 Å². The zero-order valence-corrected chi connectivity index (χ0v) is 11.8. The maximum absolute atomic E-state index is 11.9. The van der Waals surface area contributed by atoms with Crippen LogP contribution in [0.4, 0.5) is 18.9 Å². The summed E-state index contributed by atoms with van der Waals surface area (Å²) in [7, 11) is 0. The van der Waals surface area contributed by atoms with Crippen molar-refractivity contribution in [2.75, 3.05) is 25.1 Å². The van der Waals surface area contributed by atoms with E-state index in [1.165, 1.54) is 0 Å². The topological polar surface area (TPSA) is 47.0 Å². The molecule has 108 valence electrons. The molecule has 0 aromatic carbocycles. The molecular formula is C12H11BrF3N3O. The molecule has 0 radical (unpaired) electrons. The van der Waals surface area contributed by atoms with E-state index in [0.717, 1.165) is 4.47 Å². The van der Waals surface area contributed by atoms with Crippen LogP contribution in [0.5, 0.6) is 0 Å². The Bertz CT molecular complexity index is 592. The summed E-state index contributed by atoms with van der Waals surface area (Å²) in [5, 5.41) is 2.98. The zero-order chi connectivity index (χ0) is 14.6. The molecule has 0 fully saturated rings. The van der Waals surface area contributed by atoms with Gasteiger partial charge in [-0.25, -0.2) is 0 Å². The maximum Gasteiger partial charge on any atom is 0.411 e. The highest BCUT2D eigenvalue weighted by Crippen LogP contribution is 2.21. The van der Waals surface area contributed by atoms with E-state index in [-0.39, 0.29) is 13.2 Å². The van der Waals surface area contributed by atoms with Crippen LogP contribution >= 0.6 is 15.9 Å². The van der Waals surface area contributed by atoms with Crippen LogP contribution in [0.15, 0.2) is 29.0 Å². The van der Waals surface area contributed by atoms with Gasteiger partial charge in [-0.15, -0.1) is 0 Å². The summed E-state index contributed by atoms with van der Waals surface area (Å²) in [4.78, 5) is 8.39. The summed E-state index contributed by atoms with van der Waals surface area (Å²) in [5.41, 5.74) is 2.06. The number of pyridine rings is 2. The Kier molecular flexibility index (Phi) is 4.77. The van der Waals surface area contributed by atoms with E-state index >= 15 is 0 Å². The van der Waals surface area contributed by atoms with Gasteiger partial charge in [-0.1, -0.05) is 0 Å². The molecule has 0 amide bonds. The third-order valence-corrected chi connectivity index (χ3v) is 2.81. The van der Waals surface area contributed by atoms with E-state index in [2.05, 4.69) is 36.0 Å². The van der Waals surface area contributed by atoms with Crippen molar-refractivity contribution < 1.29 is 17.9 Å². The average molecular weight is 350 g/mol. The van der Waals surface area contributed by atoms with Gasteiger partial charge in [-0.2, -0.15) is 13.2 Å². The van der Waals surface area contributed by atoms with Gasteiger partial charge in [0.15, 0.2) is 0 Å². The molecule has 4 nitrogen and oxygen atoms in total. The fourth-order valence-electron chi connectivity index (χ4n) is 1.59. The smallest absolute Gasteiger partial charge is 0.381 e. The lowest BCUT2D eigenvalue weighted by molar-refractivity contribution is -0.172. The largest absolute Gasteiger partial charge is 0.411 e. The average Bonchev–Trinajstić information content (AvgIpc) is 2.36. The van der Waals surface area contributed by atoms with Gasteiger partial charge in [0.1, 0.15) is 12.1 Å². The van der Waals surface area contributed by atoms with E-state index in [9.17, 15) is 13.2 Å². The molecule has 0 bridgehead atoms. The Morgan fingerprint density at radius 2 is 2.10 bits per heavy atom. The Labute approximate surface area is 121 Å². The third-order valence-electron chi connectivity index (χ3n) is 2.37. The molecule has 2 heterocycles. The maximum atomic E-state index is 11.9. The normalized spacial score (nSPS) is 11.8. The number of aromatic nitrogens is 2. The van der Waals surface area contributed by atoms with Crippen molar-refractivity contribution in [1.29, 1.82) is 0 Å². The molecule has 0 unspecified atom stereocenters. The first kappa shape index (κ1) is 15.0. The number of ether oxygens (including phenoxy) is 1. The van der Waals surface area contributed by atoms with Crippen molar-refractivity contribution in [1.82, 2.24) is 9.97 Å². The lowest BCUT2D eigenvalue weighted by Crippen LogP contribution is -2.20. The predicted octanol–water partition coefficient (Wildman–Crippen LogP) is 3.38. The second-order valence-corrected chi connectivity index (χ2v) is 4.89. The molecule has 0 saturated carbocycles. The van der Waals surface area contributed by atoms with Crippen molar-refractivity contribution in [2.45, 2.75) is 6.18 Å².